The Balaban J connectivity index is 1.53. The molecule has 1 aliphatic rings. The third-order valence-corrected chi connectivity index (χ3v) is 5.93. The third-order valence-electron chi connectivity index (χ3n) is 5.93. The fourth-order valence-electron chi connectivity index (χ4n) is 3.97. The number of ether oxygens (including phenoxy) is 3. The maximum absolute atomic E-state index is 13.3. The molecule has 0 atom stereocenters. The highest BCUT2D eigenvalue weighted by atomic mass is 16.6. The van der Waals surface area contributed by atoms with E-state index in [1.54, 1.807) is 19.2 Å². The third kappa shape index (κ3) is 4.87. The van der Waals surface area contributed by atoms with Crippen molar-refractivity contribution in [1.82, 2.24) is 10.6 Å². The van der Waals surface area contributed by atoms with Gasteiger partial charge in [-0.15, -0.1) is 0 Å². The Bertz CT molecular complexity index is 1190. The first-order chi connectivity index (χ1) is 16.0. The maximum Gasteiger partial charge on any atom is 0.406 e. The number of amides is 2. The summed E-state index contributed by atoms with van der Waals surface area (Å²) in [5, 5.41) is 7.84. The van der Waals surface area contributed by atoms with Crippen LogP contribution in [0.15, 0.2) is 54.6 Å². The van der Waals surface area contributed by atoms with Crippen LogP contribution in [0.2, 0.25) is 0 Å². The smallest absolute Gasteiger partial charge is 0.406 e. The lowest BCUT2D eigenvalue weighted by Crippen LogP contribution is -2.35. The van der Waals surface area contributed by atoms with Gasteiger partial charge in [-0.05, 0) is 65.9 Å². The first kappa shape index (κ1) is 22.5. The van der Waals surface area contributed by atoms with Gasteiger partial charge < -0.3 is 24.8 Å². The maximum atomic E-state index is 13.3. The molecule has 3 aromatic rings. The van der Waals surface area contributed by atoms with Gasteiger partial charge in [-0.3, -0.25) is 4.79 Å². The summed E-state index contributed by atoms with van der Waals surface area (Å²) < 4.78 is 16.1. The fraction of sp³-hybridized carbons (Fsp3) is 0.308. The van der Waals surface area contributed by atoms with Gasteiger partial charge in [0, 0.05) is 12.6 Å². The number of aryl methyl sites for hydroxylation is 1. The molecule has 33 heavy (non-hydrogen) atoms. The predicted molar refractivity (Wildman–Crippen MR) is 126 cm³/mol. The Morgan fingerprint density at radius 3 is 2.52 bits per heavy atom. The Morgan fingerprint density at radius 1 is 1.00 bits per heavy atom. The number of methoxy groups -OCH3 is 1. The van der Waals surface area contributed by atoms with Crippen molar-refractivity contribution in [2.75, 3.05) is 27.4 Å². The molecule has 0 bridgehead atoms. The normalized spacial score (nSPS) is 13.8. The summed E-state index contributed by atoms with van der Waals surface area (Å²) in [5.74, 6) is 1.17. The van der Waals surface area contributed by atoms with E-state index in [-0.39, 0.29) is 19.1 Å². The molecule has 4 rings (SSSR count). The van der Waals surface area contributed by atoms with Gasteiger partial charge in [-0.2, -0.15) is 0 Å². The molecule has 0 unspecified atom stereocenters. The number of rotatable bonds is 8. The number of carbonyl (C=O) groups excluding carboxylic acids is 2. The molecule has 3 aromatic carbocycles. The number of hydrogen-bond acceptors (Lipinski definition) is 5. The predicted octanol–water partition coefficient (Wildman–Crippen LogP) is 4.31. The average Bonchev–Trinajstić information content (AvgIpc) is 3.61. The van der Waals surface area contributed by atoms with Crippen LogP contribution in [0.1, 0.15) is 34.3 Å². The zero-order chi connectivity index (χ0) is 23.4. The molecule has 0 aliphatic heterocycles. The first-order valence-corrected chi connectivity index (χ1v) is 10.9. The lowest BCUT2D eigenvalue weighted by atomic mass is 9.95. The molecule has 172 valence electrons. The number of hydrogen-bond donors (Lipinski definition) is 2. The van der Waals surface area contributed by atoms with Gasteiger partial charge in [-0.1, -0.05) is 30.3 Å². The highest BCUT2D eigenvalue weighted by molar-refractivity contribution is 5.98. The zero-order valence-corrected chi connectivity index (χ0v) is 19.1. The van der Waals surface area contributed by atoms with E-state index in [1.807, 2.05) is 37.3 Å². The van der Waals surface area contributed by atoms with E-state index in [0.717, 1.165) is 40.5 Å². The highest BCUT2D eigenvalue weighted by Crippen LogP contribution is 2.49. The Hall–Kier alpha value is -3.74. The first-order valence-electron chi connectivity index (χ1n) is 10.9. The van der Waals surface area contributed by atoms with Gasteiger partial charge in [0.25, 0.3) is 5.91 Å². The van der Waals surface area contributed by atoms with E-state index in [9.17, 15) is 9.59 Å². The molecule has 1 saturated carbocycles. The molecule has 1 fully saturated rings. The van der Waals surface area contributed by atoms with Crippen LogP contribution in [0.25, 0.3) is 10.8 Å². The van der Waals surface area contributed by atoms with Crippen LogP contribution in [0, 0.1) is 6.92 Å². The van der Waals surface area contributed by atoms with Crippen molar-refractivity contribution >= 4 is 22.8 Å². The van der Waals surface area contributed by atoms with Gasteiger partial charge in [0.2, 0.25) is 0 Å². The summed E-state index contributed by atoms with van der Waals surface area (Å²) in [5.41, 5.74) is 2.06. The minimum absolute atomic E-state index is 0.112. The fourth-order valence-corrected chi connectivity index (χ4v) is 3.97. The Morgan fingerprint density at radius 2 is 1.79 bits per heavy atom. The number of fused-ring (bicyclic) bond motifs is 1. The summed E-state index contributed by atoms with van der Waals surface area (Å²) in [7, 11) is 3.15. The molecule has 7 nitrogen and oxygen atoms in total. The number of nitrogens with one attached hydrogen (secondary N) is 2. The molecule has 2 amide bonds. The molecule has 0 saturated heterocycles. The second kappa shape index (κ2) is 9.40. The molecular weight excluding hydrogens is 420 g/mol. The quantitative estimate of drug-likeness (QED) is 0.502. The van der Waals surface area contributed by atoms with Gasteiger partial charge in [0.1, 0.15) is 24.7 Å². The van der Waals surface area contributed by atoms with Crippen LogP contribution in [0.3, 0.4) is 0 Å². The van der Waals surface area contributed by atoms with Crippen LogP contribution >= 0.6 is 0 Å². The van der Waals surface area contributed by atoms with E-state index < -0.39 is 11.6 Å². The van der Waals surface area contributed by atoms with Gasteiger partial charge in [-0.25, -0.2) is 4.79 Å². The van der Waals surface area contributed by atoms with Crippen molar-refractivity contribution in [1.29, 1.82) is 0 Å². The summed E-state index contributed by atoms with van der Waals surface area (Å²) in [6.45, 7) is 2.20. The lowest BCUT2D eigenvalue weighted by molar-refractivity contribution is 0.0930. The molecule has 0 radical (unpaired) electrons. The van der Waals surface area contributed by atoms with Crippen molar-refractivity contribution in [3.8, 4) is 11.5 Å². The second-order valence-electron chi connectivity index (χ2n) is 8.14. The van der Waals surface area contributed by atoms with Crippen LogP contribution in [0.4, 0.5) is 4.79 Å². The zero-order valence-electron chi connectivity index (χ0n) is 19.1. The number of alkyl carbamates (subject to hydrolysis) is 1. The minimum Gasteiger partial charge on any atom is -0.497 e. The molecule has 2 N–H and O–H groups in total. The van der Waals surface area contributed by atoms with Crippen molar-refractivity contribution in [2.24, 2.45) is 0 Å². The molecular formula is C26H28N2O5. The van der Waals surface area contributed by atoms with Crippen LogP contribution in [-0.2, 0) is 10.3 Å². The van der Waals surface area contributed by atoms with E-state index >= 15 is 0 Å². The standard InChI is InChI=1S/C26H28N2O5/c1-17-8-9-19(32-12-13-33-25(30)27-2)15-22(17)24(29)28-26(10-11-26)23-16-20(31-3)14-18-6-4-5-7-21(18)23/h4-9,14-16H,10-13H2,1-3H3,(H,27,30)(H,28,29). The van der Waals surface area contributed by atoms with Crippen LogP contribution in [-0.4, -0.2) is 39.4 Å². The monoisotopic (exact) mass is 448 g/mol. The lowest BCUT2D eigenvalue weighted by Gasteiger charge is -2.22. The van der Waals surface area contributed by atoms with Crippen LogP contribution < -0.4 is 20.1 Å². The summed E-state index contributed by atoms with van der Waals surface area (Å²) >= 11 is 0. The van der Waals surface area contributed by atoms with Crippen molar-refractivity contribution in [2.45, 2.75) is 25.3 Å². The Labute approximate surface area is 193 Å². The Kier molecular flexibility index (Phi) is 6.40. The largest absolute Gasteiger partial charge is 0.497 e. The second-order valence-corrected chi connectivity index (χ2v) is 8.14. The summed E-state index contributed by atoms with van der Waals surface area (Å²) in [4.78, 5) is 24.5. The van der Waals surface area contributed by atoms with E-state index in [2.05, 4.69) is 22.8 Å². The summed E-state index contributed by atoms with van der Waals surface area (Å²) in [6.07, 6.45) is 1.21. The molecule has 7 heteroatoms. The average molecular weight is 449 g/mol. The summed E-state index contributed by atoms with van der Waals surface area (Å²) in [6, 6.07) is 17.6. The minimum atomic E-state index is -0.512. The molecule has 0 spiro atoms. The van der Waals surface area contributed by atoms with E-state index in [4.69, 9.17) is 14.2 Å². The molecule has 0 aromatic heterocycles. The van der Waals surface area contributed by atoms with Gasteiger partial charge in [0.15, 0.2) is 0 Å². The van der Waals surface area contributed by atoms with Gasteiger partial charge >= 0.3 is 6.09 Å². The van der Waals surface area contributed by atoms with Crippen molar-refractivity contribution in [3.63, 3.8) is 0 Å². The van der Waals surface area contributed by atoms with E-state index in [0.29, 0.717) is 11.3 Å². The van der Waals surface area contributed by atoms with Crippen LogP contribution in [0.5, 0.6) is 11.5 Å². The number of carbonyl (C=O) groups is 2. The topological polar surface area (TPSA) is 85.9 Å². The highest BCUT2D eigenvalue weighted by Gasteiger charge is 2.47. The van der Waals surface area contributed by atoms with Crippen molar-refractivity contribution in [3.05, 3.63) is 71.3 Å². The molecule has 0 heterocycles. The van der Waals surface area contributed by atoms with E-state index in [1.165, 1.54) is 7.05 Å². The molecule has 1 aliphatic carbocycles. The van der Waals surface area contributed by atoms with Crippen molar-refractivity contribution < 1.29 is 23.8 Å². The van der Waals surface area contributed by atoms with Gasteiger partial charge in [0.05, 0.1) is 12.6 Å². The number of benzene rings is 3. The SMILES string of the molecule is CNC(=O)OCCOc1ccc(C)c(C(=O)NC2(c3cc(OC)cc4ccccc34)CC2)c1.